The van der Waals surface area contributed by atoms with Crippen LogP contribution in [0.5, 0.6) is 0 Å². The van der Waals surface area contributed by atoms with Crippen LogP contribution in [-0.4, -0.2) is 59.7 Å². The summed E-state index contributed by atoms with van der Waals surface area (Å²) >= 11 is 0. The molecule has 184 valence electrons. The highest BCUT2D eigenvalue weighted by atomic mass is 15.2. The van der Waals surface area contributed by atoms with Crippen LogP contribution in [0.3, 0.4) is 0 Å². The van der Waals surface area contributed by atoms with E-state index in [0.717, 1.165) is 64.2 Å². The molecule has 8 heteroatoms. The zero-order chi connectivity index (χ0) is 25.2. The second kappa shape index (κ2) is 9.91. The van der Waals surface area contributed by atoms with Gasteiger partial charge >= 0.3 is 0 Å². The number of allylic oxidation sites excluding steroid dienone is 3. The number of H-pyrrole nitrogens is 2. The molecule has 8 nitrogen and oxygen atoms in total. The predicted molar refractivity (Wildman–Crippen MR) is 148 cm³/mol. The summed E-state index contributed by atoms with van der Waals surface area (Å²) in [5.41, 5.74) is 8.75. The van der Waals surface area contributed by atoms with Crippen molar-refractivity contribution in [3.8, 4) is 22.8 Å². The molecule has 0 atom stereocenters. The van der Waals surface area contributed by atoms with Crippen LogP contribution in [0.25, 0.3) is 50.4 Å². The Hall–Kier alpha value is -4.43. The Balaban J connectivity index is 1.38. The molecule has 0 amide bonds. The van der Waals surface area contributed by atoms with E-state index in [2.05, 4.69) is 48.8 Å². The fraction of sp³-hybridized carbons (Fsp3) is 0.207. The van der Waals surface area contributed by atoms with Crippen LogP contribution in [0.15, 0.2) is 79.3 Å². The Morgan fingerprint density at radius 1 is 1.03 bits per heavy atom. The normalized spacial score (nSPS) is 15.2. The zero-order valence-corrected chi connectivity index (χ0v) is 20.8. The standard InChI is InChI=1S/C29H28N8/c1-3-19(18-37-14-5-6-15-37)16-20(4-2)22-9-10-24-27(32-22)28(36-35-24)29-33-23-11-13-31-25(26(23)34-29)21-8-7-12-30-17-21/h3-4,7-13,16-17H,1,5-6,14-15,18H2,2H3,(H,33,34)(H,35,36)/b19-16+,20-4+. The lowest BCUT2D eigenvalue weighted by atomic mass is 10.1. The number of nitrogens with one attached hydrogen (secondary N) is 2. The Bertz CT molecular complexity index is 1630. The van der Waals surface area contributed by atoms with E-state index in [1.807, 2.05) is 43.3 Å². The van der Waals surface area contributed by atoms with Crippen molar-refractivity contribution in [1.82, 2.24) is 40.0 Å². The van der Waals surface area contributed by atoms with E-state index < -0.39 is 0 Å². The monoisotopic (exact) mass is 488 g/mol. The van der Waals surface area contributed by atoms with Gasteiger partial charge in [-0.25, -0.2) is 9.97 Å². The first-order valence-corrected chi connectivity index (χ1v) is 12.6. The number of aromatic nitrogens is 7. The molecule has 1 fully saturated rings. The molecule has 5 aromatic heterocycles. The molecule has 0 aliphatic carbocycles. The average molecular weight is 489 g/mol. The summed E-state index contributed by atoms with van der Waals surface area (Å²) < 4.78 is 0. The lowest BCUT2D eigenvalue weighted by Crippen LogP contribution is -2.21. The minimum absolute atomic E-state index is 0.641. The van der Waals surface area contributed by atoms with Gasteiger partial charge in [-0.3, -0.25) is 20.0 Å². The van der Waals surface area contributed by atoms with E-state index in [0.29, 0.717) is 11.5 Å². The fourth-order valence-corrected chi connectivity index (χ4v) is 4.86. The van der Waals surface area contributed by atoms with Crippen molar-refractivity contribution in [2.45, 2.75) is 19.8 Å². The Kier molecular flexibility index (Phi) is 6.16. The smallest absolute Gasteiger partial charge is 0.161 e. The maximum atomic E-state index is 5.01. The predicted octanol–water partition coefficient (Wildman–Crippen LogP) is 5.57. The third-order valence-corrected chi connectivity index (χ3v) is 6.78. The van der Waals surface area contributed by atoms with Gasteiger partial charge in [0.1, 0.15) is 11.0 Å². The molecule has 0 saturated carbocycles. The van der Waals surface area contributed by atoms with Gasteiger partial charge in [-0.1, -0.05) is 18.7 Å². The van der Waals surface area contributed by atoms with E-state index in [9.17, 15) is 0 Å². The maximum absolute atomic E-state index is 5.01. The van der Waals surface area contributed by atoms with Crippen molar-refractivity contribution in [3.05, 3.63) is 85.0 Å². The minimum atomic E-state index is 0.641. The van der Waals surface area contributed by atoms with Gasteiger partial charge < -0.3 is 4.98 Å². The van der Waals surface area contributed by atoms with Crippen molar-refractivity contribution in [1.29, 1.82) is 0 Å². The molecule has 1 aliphatic rings. The minimum Gasteiger partial charge on any atom is -0.336 e. The average Bonchev–Trinajstić information content (AvgIpc) is 3.70. The summed E-state index contributed by atoms with van der Waals surface area (Å²) in [6.45, 7) is 9.29. The second-order valence-electron chi connectivity index (χ2n) is 9.20. The van der Waals surface area contributed by atoms with Gasteiger partial charge in [-0.15, -0.1) is 0 Å². The Labute approximate surface area is 214 Å². The molecule has 2 N–H and O–H groups in total. The molecule has 1 saturated heterocycles. The van der Waals surface area contributed by atoms with Crippen LogP contribution >= 0.6 is 0 Å². The molecule has 1 aliphatic heterocycles. The van der Waals surface area contributed by atoms with Crippen LogP contribution in [0.2, 0.25) is 0 Å². The van der Waals surface area contributed by atoms with E-state index >= 15 is 0 Å². The Morgan fingerprint density at radius 3 is 2.68 bits per heavy atom. The molecule has 0 unspecified atom stereocenters. The summed E-state index contributed by atoms with van der Waals surface area (Å²) in [7, 11) is 0. The number of hydrogen-bond acceptors (Lipinski definition) is 6. The molecular formula is C29H28N8. The van der Waals surface area contributed by atoms with Crippen LogP contribution in [0.1, 0.15) is 25.5 Å². The number of likely N-dealkylation sites (tertiary alicyclic amines) is 1. The highest BCUT2D eigenvalue weighted by molar-refractivity contribution is 5.95. The zero-order valence-electron chi connectivity index (χ0n) is 20.8. The first-order valence-electron chi connectivity index (χ1n) is 12.6. The molecule has 0 bridgehead atoms. The van der Waals surface area contributed by atoms with Gasteiger partial charge in [0.15, 0.2) is 11.5 Å². The lowest BCUT2D eigenvalue weighted by Gasteiger charge is -2.15. The third kappa shape index (κ3) is 4.47. The van der Waals surface area contributed by atoms with Crippen LogP contribution in [-0.2, 0) is 0 Å². The van der Waals surface area contributed by atoms with E-state index in [1.165, 1.54) is 18.4 Å². The van der Waals surface area contributed by atoms with Gasteiger partial charge in [0.2, 0.25) is 0 Å². The van der Waals surface area contributed by atoms with E-state index in [4.69, 9.17) is 9.97 Å². The van der Waals surface area contributed by atoms with Crippen molar-refractivity contribution >= 4 is 27.6 Å². The molecule has 0 radical (unpaired) electrons. The number of nitrogens with zero attached hydrogens (tertiary/aromatic N) is 6. The topological polar surface area (TPSA) is 99.3 Å². The fourth-order valence-electron chi connectivity index (χ4n) is 4.86. The van der Waals surface area contributed by atoms with Crippen molar-refractivity contribution in [2.75, 3.05) is 19.6 Å². The number of hydrogen-bond donors (Lipinski definition) is 2. The number of imidazole rings is 1. The molecule has 37 heavy (non-hydrogen) atoms. The SMILES string of the molecule is C=C/C(=C\C(=C/C)c1ccc2[nH]nc(-c3nc4c(-c5cccnc5)nccc4[nH]3)c2n1)CN1CCCC1. The first kappa shape index (κ1) is 23.0. The second-order valence-corrected chi connectivity index (χ2v) is 9.20. The molecule has 5 aromatic rings. The quantitative estimate of drug-likeness (QED) is 0.291. The van der Waals surface area contributed by atoms with Crippen LogP contribution < -0.4 is 0 Å². The largest absolute Gasteiger partial charge is 0.336 e. The number of fused-ring (bicyclic) bond motifs is 2. The van der Waals surface area contributed by atoms with Crippen LogP contribution in [0.4, 0.5) is 0 Å². The summed E-state index contributed by atoms with van der Waals surface area (Å²) in [5, 5.41) is 7.67. The van der Waals surface area contributed by atoms with Gasteiger partial charge in [0.25, 0.3) is 0 Å². The summed E-state index contributed by atoms with van der Waals surface area (Å²) in [6.07, 6.45) is 14.1. The molecule has 6 rings (SSSR count). The Morgan fingerprint density at radius 2 is 1.89 bits per heavy atom. The van der Waals surface area contributed by atoms with E-state index in [-0.39, 0.29) is 0 Å². The summed E-state index contributed by atoms with van der Waals surface area (Å²) in [5.74, 6) is 0.641. The lowest BCUT2D eigenvalue weighted by molar-refractivity contribution is 0.371. The van der Waals surface area contributed by atoms with Crippen molar-refractivity contribution < 1.29 is 0 Å². The van der Waals surface area contributed by atoms with Gasteiger partial charge in [0, 0.05) is 30.7 Å². The van der Waals surface area contributed by atoms with Crippen molar-refractivity contribution in [2.24, 2.45) is 0 Å². The summed E-state index contributed by atoms with van der Waals surface area (Å²) in [4.78, 5) is 24.6. The molecular weight excluding hydrogens is 460 g/mol. The molecule has 0 aromatic carbocycles. The third-order valence-electron chi connectivity index (χ3n) is 6.78. The molecule has 6 heterocycles. The highest BCUT2D eigenvalue weighted by Crippen LogP contribution is 2.30. The number of rotatable bonds is 7. The van der Waals surface area contributed by atoms with E-state index in [1.54, 1.807) is 18.6 Å². The van der Waals surface area contributed by atoms with Gasteiger partial charge in [-0.05, 0) is 80.4 Å². The molecule has 0 spiro atoms. The van der Waals surface area contributed by atoms with Crippen molar-refractivity contribution in [3.63, 3.8) is 0 Å². The number of aromatic amines is 2. The highest BCUT2D eigenvalue weighted by Gasteiger charge is 2.18. The number of pyridine rings is 3. The van der Waals surface area contributed by atoms with Crippen LogP contribution in [0, 0.1) is 0 Å². The maximum Gasteiger partial charge on any atom is 0.161 e. The summed E-state index contributed by atoms with van der Waals surface area (Å²) in [6, 6.07) is 9.83. The van der Waals surface area contributed by atoms with Gasteiger partial charge in [-0.2, -0.15) is 5.10 Å². The van der Waals surface area contributed by atoms with Gasteiger partial charge in [0.05, 0.1) is 22.4 Å². The first-order chi connectivity index (χ1) is 18.2.